The molecule has 0 saturated heterocycles. The summed E-state index contributed by atoms with van der Waals surface area (Å²) in [5.41, 5.74) is 7.45. The van der Waals surface area contributed by atoms with Gasteiger partial charge in [0.15, 0.2) is 5.76 Å². The molecule has 1 heterocycles. The van der Waals surface area contributed by atoms with Gasteiger partial charge in [-0.3, -0.25) is 0 Å². The Labute approximate surface area is 94.0 Å². The normalized spacial score (nSPS) is 10.4. The molecule has 0 aliphatic heterocycles. The predicted molar refractivity (Wildman–Crippen MR) is 59.9 cm³/mol. The molecule has 0 aliphatic rings. The third-order valence-electron chi connectivity index (χ3n) is 2.24. The maximum atomic E-state index is 5.61. The highest BCUT2D eigenvalue weighted by molar-refractivity contribution is 5.33. The van der Waals surface area contributed by atoms with Crippen LogP contribution in [0.5, 0.6) is 5.75 Å². The molecule has 0 atom stereocenters. The molecule has 0 unspecified atom stereocenters. The van der Waals surface area contributed by atoms with Crippen molar-refractivity contribution in [3.05, 3.63) is 47.3 Å². The highest BCUT2D eigenvalue weighted by Crippen LogP contribution is 2.18. The fourth-order valence-electron chi connectivity index (χ4n) is 1.45. The third kappa shape index (κ3) is 2.41. The van der Waals surface area contributed by atoms with Gasteiger partial charge in [0.1, 0.15) is 12.4 Å². The number of ether oxygens (including phenoxy) is 1. The molecular weight excluding hydrogens is 204 g/mol. The van der Waals surface area contributed by atoms with E-state index in [9.17, 15) is 0 Å². The Morgan fingerprint density at radius 1 is 1.38 bits per heavy atom. The van der Waals surface area contributed by atoms with Crippen molar-refractivity contribution in [2.24, 2.45) is 5.73 Å². The van der Waals surface area contributed by atoms with Crippen molar-refractivity contribution in [1.29, 1.82) is 0 Å². The highest BCUT2D eigenvalue weighted by atomic mass is 16.5. The second-order valence-corrected chi connectivity index (χ2v) is 3.54. The Kier molecular flexibility index (Phi) is 3.22. The van der Waals surface area contributed by atoms with E-state index in [0.29, 0.717) is 18.9 Å². The quantitative estimate of drug-likeness (QED) is 0.852. The van der Waals surface area contributed by atoms with Crippen LogP contribution in [0, 0.1) is 6.92 Å². The standard InChI is InChI=1S/C12H14N2O2/c1-9-6-11(16-14-9)8-15-12-5-3-2-4-10(12)7-13/h2-6H,7-8,13H2,1H3. The molecule has 0 spiro atoms. The minimum atomic E-state index is 0.373. The lowest BCUT2D eigenvalue weighted by atomic mass is 10.2. The van der Waals surface area contributed by atoms with Crippen LogP contribution < -0.4 is 10.5 Å². The molecule has 1 aromatic heterocycles. The minimum absolute atomic E-state index is 0.373. The second-order valence-electron chi connectivity index (χ2n) is 3.54. The first-order chi connectivity index (χ1) is 7.79. The van der Waals surface area contributed by atoms with E-state index in [1.165, 1.54) is 0 Å². The van der Waals surface area contributed by atoms with Gasteiger partial charge >= 0.3 is 0 Å². The van der Waals surface area contributed by atoms with Crippen molar-refractivity contribution in [3.8, 4) is 5.75 Å². The summed E-state index contributed by atoms with van der Waals surface area (Å²) in [5.74, 6) is 1.50. The van der Waals surface area contributed by atoms with Crippen molar-refractivity contribution >= 4 is 0 Å². The lowest BCUT2D eigenvalue weighted by molar-refractivity contribution is 0.247. The summed E-state index contributed by atoms with van der Waals surface area (Å²) in [6.45, 7) is 2.71. The maximum Gasteiger partial charge on any atom is 0.174 e. The summed E-state index contributed by atoms with van der Waals surface area (Å²) in [7, 11) is 0. The molecule has 2 aromatic rings. The van der Waals surface area contributed by atoms with E-state index in [4.69, 9.17) is 15.0 Å². The number of aromatic nitrogens is 1. The molecule has 16 heavy (non-hydrogen) atoms. The zero-order valence-corrected chi connectivity index (χ0v) is 9.14. The molecule has 0 amide bonds. The summed E-state index contributed by atoms with van der Waals surface area (Å²) in [4.78, 5) is 0. The summed E-state index contributed by atoms with van der Waals surface area (Å²) in [6, 6.07) is 9.55. The Bertz CT molecular complexity index is 466. The fraction of sp³-hybridized carbons (Fsp3) is 0.250. The van der Waals surface area contributed by atoms with Gasteiger partial charge in [-0.1, -0.05) is 23.4 Å². The zero-order chi connectivity index (χ0) is 11.4. The number of benzene rings is 1. The molecule has 0 aliphatic carbocycles. The molecule has 0 radical (unpaired) electrons. The number of hydrogen-bond acceptors (Lipinski definition) is 4. The lowest BCUT2D eigenvalue weighted by Gasteiger charge is -2.07. The van der Waals surface area contributed by atoms with Crippen LogP contribution in [0.25, 0.3) is 0 Å². The van der Waals surface area contributed by atoms with Crippen molar-refractivity contribution < 1.29 is 9.26 Å². The van der Waals surface area contributed by atoms with Crippen molar-refractivity contribution in [3.63, 3.8) is 0 Å². The van der Waals surface area contributed by atoms with Gasteiger partial charge in [0.2, 0.25) is 0 Å². The molecule has 4 nitrogen and oxygen atoms in total. The van der Waals surface area contributed by atoms with Gasteiger partial charge in [-0.05, 0) is 13.0 Å². The Morgan fingerprint density at radius 3 is 2.88 bits per heavy atom. The Balaban J connectivity index is 2.04. The van der Waals surface area contributed by atoms with Crippen LogP contribution in [0.15, 0.2) is 34.9 Å². The molecular formula is C12H14N2O2. The molecule has 2 rings (SSSR count). The van der Waals surface area contributed by atoms with Crippen LogP contribution >= 0.6 is 0 Å². The summed E-state index contributed by atoms with van der Waals surface area (Å²) in [5, 5.41) is 3.79. The van der Waals surface area contributed by atoms with E-state index < -0.39 is 0 Å². The van der Waals surface area contributed by atoms with Crippen LogP contribution in [0.1, 0.15) is 17.0 Å². The number of nitrogens with zero attached hydrogens (tertiary/aromatic N) is 1. The lowest BCUT2D eigenvalue weighted by Crippen LogP contribution is -2.01. The molecule has 4 heteroatoms. The summed E-state index contributed by atoms with van der Waals surface area (Å²) < 4.78 is 10.7. The van der Waals surface area contributed by atoms with Gasteiger partial charge in [-0.2, -0.15) is 0 Å². The minimum Gasteiger partial charge on any atom is -0.485 e. The van der Waals surface area contributed by atoms with Gasteiger partial charge < -0.3 is 15.0 Å². The third-order valence-corrected chi connectivity index (χ3v) is 2.24. The van der Waals surface area contributed by atoms with E-state index >= 15 is 0 Å². The van der Waals surface area contributed by atoms with Crippen LogP contribution in [0.4, 0.5) is 0 Å². The Morgan fingerprint density at radius 2 is 2.19 bits per heavy atom. The first-order valence-corrected chi connectivity index (χ1v) is 5.12. The van der Waals surface area contributed by atoms with Crippen molar-refractivity contribution in [2.45, 2.75) is 20.1 Å². The van der Waals surface area contributed by atoms with Crippen LogP contribution in [0.3, 0.4) is 0 Å². The molecule has 0 bridgehead atoms. The Hall–Kier alpha value is -1.81. The van der Waals surface area contributed by atoms with Gasteiger partial charge in [-0.25, -0.2) is 0 Å². The van der Waals surface area contributed by atoms with Gasteiger partial charge in [0.25, 0.3) is 0 Å². The second kappa shape index (κ2) is 4.81. The largest absolute Gasteiger partial charge is 0.485 e. The number of hydrogen-bond donors (Lipinski definition) is 1. The van der Waals surface area contributed by atoms with Gasteiger partial charge in [-0.15, -0.1) is 0 Å². The number of rotatable bonds is 4. The van der Waals surface area contributed by atoms with Crippen molar-refractivity contribution in [1.82, 2.24) is 5.16 Å². The summed E-state index contributed by atoms with van der Waals surface area (Å²) in [6.07, 6.45) is 0. The van der Waals surface area contributed by atoms with E-state index in [1.54, 1.807) is 0 Å². The smallest absolute Gasteiger partial charge is 0.174 e. The topological polar surface area (TPSA) is 61.3 Å². The predicted octanol–water partition coefficient (Wildman–Crippen LogP) is 2.02. The van der Waals surface area contributed by atoms with E-state index in [1.807, 2.05) is 37.3 Å². The molecule has 0 fully saturated rings. The first kappa shape index (κ1) is 10.7. The average Bonchev–Trinajstić information content (AvgIpc) is 2.73. The van der Waals surface area contributed by atoms with Crippen molar-refractivity contribution in [2.75, 3.05) is 0 Å². The van der Waals surface area contributed by atoms with Gasteiger partial charge in [0, 0.05) is 18.2 Å². The van der Waals surface area contributed by atoms with Crippen LogP contribution in [0.2, 0.25) is 0 Å². The van der Waals surface area contributed by atoms with Gasteiger partial charge in [0.05, 0.1) is 5.69 Å². The fourth-order valence-corrected chi connectivity index (χ4v) is 1.45. The average molecular weight is 218 g/mol. The summed E-state index contributed by atoms with van der Waals surface area (Å²) >= 11 is 0. The van der Waals surface area contributed by atoms with E-state index in [-0.39, 0.29) is 0 Å². The number of para-hydroxylation sites is 1. The van der Waals surface area contributed by atoms with E-state index in [2.05, 4.69) is 5.16 Å². The molecule has 2 N–H and O–H groups in total. The first-order valence-electron chi connectivity index (χ1n) is 5.12. The monoisotopic (exact) mass is 218 g/mol. The van der Waals surface area contributed by atoms with E-state index in [0.717, 1.165) is 17.0 Å². The van der Waals surface area contributed by atoms with Crippen LogP contribution in [-0.2, 0) is 13.2 Å². The molecule has 1 aromatic carbocycles. The SMILES string of the molecule is Cc1cc(COc2ccccc2CN)on1. The molecule has 84 valence electrons. The van der Waals surface area contributed by atoms with Crippen LogP contribution in [-0.4, -0.2) is 5.16 Å². The highest BCUT2D eigenvalue weighted by Gasteiger charge is 2.04. The maximum absolute atomic E-state index is 5.61. The molecule has 0 saturated carbocycles. The number of aryl methyl sites for hydroxylation is 1. The number of nitrogens with two attached hydrogens (primary N) is 1. The zero-order valence-electron chi connectivity index (χ0n) is 9.14.